The predicted molar refractivity (Wildman–Crippen MR) is 57.1 cm³/mol. The molecule has 0 radical (unpaired) electrons. The van der Waals surface area contributed by atoms with Crippen molar-refractivity contribution in [3.8, 4) is 0 Å². The highest BCUT2D eigenvalue weighted by molar-refractivity contribution is 5.01. The maximum atomic E-state index is 5.98. The van der Waals surface area contributed by atoms with Gasteiger partial charge in [-0.2, -0.15) is 0 Å². The van der Waals surface area contributed by atoms with Gasteiger partial charge in [0.1, 0.15) is 6.10 Å². The molecule has 1 spiro atoms. The molecule has 2 aliphatic rings. The molecule has 15 heavy (non-hydrogen) atoms. The van der Waals surface area contributed by atoms with Crippen molar-refractivity contribution in [2.75, 3.05) is 0 Å². The van der Waals surface area contributed by atoms with Crippen LogP contribution in [-0.2, 0) is 14.5 Å². The van der Waals surface area contributed by atoms with Crippen LogP contribution in [0, 0.1) is 0 Å². The van der Waals surface area contributed by atoms with E-state index in [0.717, 1.165) is 31.3 Å². The van der Waals surface area contributed by atoms with Crippen LogP contribution < -0.4 is 0 Å². The van der Waals surface area contributed by atoms with Gasteiger partial charge in [-0.3, -0.25) is 0 Å². The lowest BCUT2D eigenvalue weighted by molar-refractivity contribution is -0.499. The number of ether oxygens (including phenoxy) is 1. The fraction of sp³-hybridized carbons (Fsp3) is 0.833. The summed E-state index contributed by atoms with van der Waals surface area (Å²) in [6.45, 7) is 7.84. The van der Waals surface area contributed by atoms with Crippen LogP contribution in [0.1, 0.15) is 46.0 Å². The molecule has 86 valence electrons. The van der Waals surface area contributed by atoms with E-state index in [0.29, 0.717) is 0 Å². The standard InChI is InChI=1S/C12H20O3/c1-9(2)11-10(3)13-12(15-14-11)7-5-4-6-8-12/h10-11H,1,4-8H2,2-3H3/t10-,11?/m0/s1. The maximum Gasteiger partial charge on any atom is 0.201 e. The van der Waals surface area contributed by atoms with E-state index in [2.05, 4.69) is 6.58 Å². The monoisotopic (exact) mass is 212 g/mol. The van der Waals surface area contributed by atoms with Crippen molar-refractivity contribution in [3.05, 3.63) is 12.2 Å². The Morgan fingerprint density at radius 2 is 1.93 bits per heavy atom. The first-order valence-electron chi connectivity index (χ1n) is 5.81. The maximum absolute atomic E-state index is 5.98. The Morgan fingerprint density at radius 3 is 2.47 bits per heavy atom. The van der Waals surface area contributed by atoms with Gasteiger partial charge in [0, 0.05) is 12.8 Å². The zero-order valence-electron chi connectivity index (χ0n) is 9.62. The van der Waals surface area contributed by atoms with Crippen molar-refractivity contribution in [1.29, 1.82) is 0 Å². The Bertz CT molecular complexity index is 243. The Kier molecular flexibility index (Phi) is 3.14. The van der Waals surface area contributed by atoms with Crippen molar-refractivity contribution < 1.29 is 14.5 Å². The van der Waals surface area contributed by atoms with E-state index in [-0.39, 0.29) is 12.2 Å². The van der Waals surface area contributed by atoms with Gasteiger partial charge in [0.05, 0.1) is 6.10 Å². The highest BCUT2D eigenvalue weighted by Crippen LogP contribution is 2.38. The molecular formula is C12H20O3. The summed E-state index contributed by atoms with van der Waals surface area (Å²) in [7, 11) is 0. The minimum absolute atomic E-state index is 0.0364. The second-order valence-electron chi connectivity index (χ2n) is 4.74. The van der Waals surface area contributed by atoms with Crippen molar-refractivity contribution in [2.24, 2.45) is 0 Å². The summed E-state index contributed by atoms with van der Waals surface area (Å²) in [5.41, 5.74) is 0.952. The van der Waals surface area contributed by atoms with Gasteiger partial charge in [-0.15, -0.1) is 0 Å². The topological polar surface area (TPSA) is 27.7 Å². The van der Waals surface area contributed by atoms with E-state index < -0.39 is 5.79 Å². The van der Waals surface area contributed by atoms with Crippen LogP contribution in [0.2, 0.25) is 0 Å². The molecule has 1 aliphatic heterocycles. The van der Waals surface area contributed by atoms with Crippen LogP contribution >= 0.6 is 0 Å². The van der Waals surface area contributed by atoms with E-state index in [1.165, 1.54) is 6.42 Å². The molecular weight excluding hydrogens is 192 g/mol. The summed E-state index contributed by atoms with van der Waals surface area (Å²) < 4.78 is 5.98. The van der Waals surface area contributed by atoms with Crippen LogP contribution in [-0.4, -0.2) is 18.0 Å². The summed E-state index contributed by atoms with van der Waals surface area (Å²) in [5.74, 6) is -0.469. The lowest BCUT2D eigenvalue weighted by Gasteiger charge is -2.44. The molecule has 0 N–H and O–H groups in total. The van der Waals surface area contributed by atoms with E-state index in [4.69, 9.17) is 14.5 Å². The van der Waals surface area contributed by atoms with Crippen LogP contribution in [0.4, 0.5) is 0 Å². The molecule has 2 fully saturated rings. The molecule has 0 aromatic heterocycles. The normalized spacial score (nSPS) is 35.3. The zero-order valence-corrected chi connectivity index (χ0v) is 9.62. The Balaban J connectivity index is 2.00. The quantitative estimate of drug-likeness (QED) is 0.494. The van der Waals surface area contributed by atoms with Gasteiger partial charge in [-0.25, -0.2) is 9.78 Å². The molecule has 2 atom stereocenters. The summed E-state index contributed by atoms with van der Waals surface area (Å²) in [5, 5.41) is 0. The first-order valence-corrected chi connectivity index (χ1v) is 5.81. The van der Waals surface area contributed by atoms with Crippen LogP contribution in [0.5, 0.6) is 0 Å². The Hall–Kier alpha value is -0.380. The van der Waals surface area contributed by atoms with Crippen molar-refractivity contribution in [2.45, 2.75) is 63.9 Å². The van der Waals surface area contributed by atoms with Gasteiger partial charge < -0.3 is 4.74 Å². The van der Waals surface area contributed by atoms with Crippen molar-refractivity contribution >= 4 is 0 Å². The number of rotatable bonds is 1. The largest absolute Gasteiger partial charge is 0.341 e. The lowest BCUT2D eigenvalue weighted by Crippen LogP contribution is -2.50. The third-order valence-corrected chi connectivity index (χ3v) is 3.23. The number of hydrogen-bond acceptors (Lipinski definition) is 3. The third-order valence-electron chi connectivity index (χ3n) is 3.23. The smallest absolute Gasteiger partial charge is 0.201 e. The van der Waals surface area contributed by atoms with Crippen LogP contribution in [0.15, 0.2) is 12.2 Å². The fourth-order valence-electron chi connectivity index (χ4n) is 2.41. The molecule has 0 bridgehead atoms. The molecule has 1 aliphatic carbocycles. The van der Waals surface area contributed by atoms with Gasteiger partial charge in [0.15, 0.2) is 0 Å². The molecule has 1 saturated carbocycles. The SMILES string of the molecule is C=C(C)C1OOC2(CCCCC2)O[C@H]1C. The zero-order chi connectivity index (χ0) is 10.9. The van der Waals surface area contributed by atoms with Crippen molar-refractivity contribution in [1.82, 2.24) is 0 Å². The lowest BCUT2D eigenvalue weighted by atomic mass is 9.93. The van der Waals surface area contributed by atoms with Gasteiger partial charge in [0.25, 0.3) is 0 Å². The van der Waals surface area contributed by atoms with Crippen LogP contribution in [0.3, 0.4) is 0 Å². The summed E-state index contributed by atoms with van der Waals surface area (Å²) in [4.78, 5) is 10.9. The molecule has 0 amide bonds. The molecule has 3 nitrogen and oxygen atoms in total. The van der Waals surface area contributed by atoms with Crippen LogP contribution in [0.25, 0.3) is 0 Å². The third kappa shape index (κ3) is 2.25. The average Bonchev–Trinajstić information content (AvgIpc) is 2.18. The predicted octanol–water partition coefficient (Wildman–Crippen LogP) is 2.96. The first kappa shape index (κ1) is 11.1. The van der Waals surface area contributed by atoms with Gasteiger partial charge in [0.2, 0.25) is 5.79 Å². The Labute approximate surface area is 91.3 Å². The molecule has 0 aromatic rings. The second-order valence-corrected chi connectivity index (χ2v) is 4.74. The highest BCUT2D eigenvalue weighted by atomic mass is 17.2. The number of hydrogen-bond donors (Lipinski definition) is 0. The molecule has 1 saturated heterocycles. The minimum atomic E-state index is -0.469. The van der Waals surface area contributed by atoms with E-state index in [1.54, 1.807) is 0 Å². The molecule has 1 heterocycles. The van der Waals surface area contributed by atoms with E-state index in [9.17, 15) is 0 Å². The second kappa shape index (κ2) is 4.24. The molecule has 2 rings (SSSR count). The van der Waals surface area contributed by atoms with E-state index >= 15 is 0 Å². The summed E-state index contributed by atoms with van der Waals surface area (Å²) in [6, 6.07) is 0. The Morgan fingerprint density at radius 1 is 1.27 bits per heavy atom. The average molecular weight is 212 g/mol. The summed E-state index contributed by atoms with van der Waals surface area (Å²) in [6.07, 6.45) is 5.39. The first-order chi connectivity index (χ1) is 7.13. The van der Waals surface area contributed by atoms with E-state index in [1.807, 2.05) is 13.8 Å². The fourth-order valence-corrected chi connectivity index (χ4v) is 2.41. The molecule has 3 heteroatoms. The highest BCUT2D eigenvalue weighted by Gasteiger charge is 2.43. The molecule has 0 aromatic carbocycles. The molecule has 1 unspecified atom stereocenters. The summed E-state index contributed by atoms with van der Waals surface area (Å²) >= 11 is 0. The minimum Gasteiger partial charge on any atom is -0.341 e. The van der Waals surface area contributed by atoms with Gasteiger partial charge in [-0.1, -0.05) is 13.0 Å². The van der Waals surface area contributed by atoms with Crippen molar-refractivity contribution in [3.63, 3.8) is 0 Å². The van der Waals surface area contributed by atoms with Gasteiger partial charge >= 0.3 is 0 Å². The van der Waals surface area contributed by atoms with Gasteiger partial charge in [-0.05, 0) is 32.3 Å².